The first-order chi connectivity index (χ1) is 9.77. The number of benzene rings is 1. The summed E-state index contributed by atoms with van der Waals surface area (Å²) in [5.74, 6) is -0.389. The number of ether oxygens (including phenoxy) is 1. The molecule has 0 unspecified atom stereocenters. The minimum absolute atomic E-state index is 0.175. The lowest BCUT2D eigenvalue weighted by atomic mass is 10.1. The molecule has 0 heterocycles. The minimum atomic E-state index is -0.389. The van der Waals surface area contributed by atoms with Gasteiger partial charge in [-0.05, 0) is 38.3 Å². The van der Waals surface area contributed by atoms with Gasteiger partial charge < -0.3 is 9.84 Å². The van der Waals surface area contributed by atoms with Crippen LogP contribution in [0.2, 0.25) is 0 Å². The summed E-state index contributed by atoms with van der Waals surface area (Å²) < 4.78 is 4.99. The summed E-state index contributed by atoms with van der Waals surface area (Å²) in [6, 6.07) is 9.44. The second-order valence-corrected chi connectivity index (χ2v) is 4.29. The SMILES string of the molecule is CCOC(=O)/C(CCCCCO)=N/Nc1ccccc1. The number of para-hydroxylation sites is 1. The fraction of sp³-hybridized carbons (Fsp3) is 0.467. The number of unbranched alkanes of at least 4 members (excludes halogenated alkanes) is 2. The first-order valence-electron chi connectivity index (χ1n) is 6.93. The van der Waals surface area contributed by atoms with Gasteiger partial charge in [0.1, 0.15) is 5.71 Å². The highest BCUT2D eigenvalue weighted by Gasteiger charge is 2.12. The number of nitrogens with one attached hydrogen (secondary N) is 1. The van der Waals surface area contributed by atoms with Crippen LogP contribution in [-0.2, 0) is 9.53 Å². The predicted molar refractivity (Wildman–Crippen MR) is 79.7 cm³/mol. The number of aliphatic hydroxyl groups excluding tert-OH is 1. The van der Waals surface area contributed by atoms with E-state index in [0.29, 0.717) is 18.7 Å². The summed E-state index contributed by atoms with van der Waals surface area (Å²) in [6.45, 7) is 2.28. The first-order valence-corrected chi connectivity index (χ1v) is 6.93. The van der Waals surface area contributed by atoms with Gasteiger partial charge in [-0.3, -0.25) is 5.43 Å². The molecule has 0 bridgehead atoms. The Labute approximate surface area is 119 Å². The number of hydrogen-bond acceptors (Lipinski definition) is 5. The van der Waals surface area contributed by atoms with E-state index >= 15 is 0 Å². The quantitative estimate of drug-likeness (QED) is 0.315. The Bertz CT molecular complexity index is 418. The molecule has 1 rings (SSSR count). The van der Waals surface area contributed by atoms with Crippen LogP contribution in [0.1, 0.15) is 32.6 Å². The van der Waals surface area contributed by atoms with Gasteiger partial charge in [0.25, 0.3) is 0 Å². The van der Waals surface area contributed by atoms with Crippen molar-refractivity contribution in [2.75, 3.05) is 18.6 Å². The third-order valence-electron chi connectivity index (χ3n) is 2.68. The average Bonchev–Trinajstić information content (AvgIpc) is 2.47. The number of rotatable bonds is 9. The normalized spacial score (nSPS) is 11.2. The van der Waals surface area contributed by atoms with Crippen LogP contribution in [0.5, 0.6) is 0 Å². The van der Waals surface area contributed by atoms with Crippen molar-refractivity contribution in [3.63, 3.8) is 0 Å². The largest absolute Gasteiger partial charge is 0.461 e. The van der Waals surface area contributed by atoms with Gasteiger partial charge in [0, 0.05) is 6.61 Å². The molecule has 0 aliphatic heterocycles. The predicted octanol–water partition coefficient (Wildman–Crippen LogP) is 2.57. The lowest BCUT2D eigenvalue weighted by Gasteiger charge is -2.07. The molecule has 0 saturated heterocycles. The molecule has 0 radical (unpaired) electrons. The van der Waals surface area contributed by atoms with Crippen LogP contribution in [0.3, 0.4) is 0 Å². The van der Waals surface area contributed by atoms with E-state index in [-0.39, 0.29) is 12.6 Å². The lowest BCUT2D eigenvalue weighted by Crippen LogP contribution is -2.19. The summed E-state index contributed by atoms with van der Waals surface area (Å²) >= 11 is 0. The van der Waals surface area contributed by atoms with Crippen LogP contribution < -0.4 is 5.43 Å². The van der Waals surface area contributed by atoms with Crippen LogP contribution in [0, 0.1) is 0 Å². The van der Waals surface area contributed by atoms with Crippen LogP contribution >= 0.6 is 0 Å². The fourth-order valence-electron chi connectivity index (χ4n) is 1.64. The number of hydrogen-bond donors (Lipinski definition) is 2. The minimum Gasteiger partial charge on any atom is -0.461 e. The van der Waals surface area contributed by atoms with Gasteiger partial charge in [-0.25, -0.2) is 4.79 Å². The Hall–Kier alpha value is -1.88. The molecule has 5 nitrogen and oxygen atoms in total. The summed E-state index contributed by atoms with van der Waals surface area (Å²) in [5, 5.41) is 12.9. The van der Waals surface area contributed by atoms with E-state index in [1.165, 1.54) is 0 Å². The number of aliphatic hydroxyl groups is 1. The van der Waals surface area contributed by atoms with Gasteiger partial charge in [-0.1, -0.05) is 24.6 Å². The summed E-state index contributed by atoms with van der Waals surface area (Å²) in [7, 11) is 0. The zero-order chi connectivity index (χ0) is 14.6. The number of esters is 1. The number of carbonyl (C=O) groups is 1. The van der Waals surface area contributed by atoms with Gasteiger partial charge in [-0.15, -0.1) is 0 Å². The van der Waals surface area contributed by atoms with Gasteiger partial charge in [0.2, 0.25) is 0 Å². The number of anilines is 1. The molecule has 0 atom stereocenters. The molecule has 0 fully saturated rings. The van der Waals surface area contributed by atoms with E-state index in [0.717, 1.165) is 24.9 Å². The lowest BCUT2D eigenvalue weighted by molar-refractivity contribution is -0.135. The van der Waals surface area contributed by atoms with Gasteiger partial charge >= 0.3 is 5.97 Å². The van der Waals surface area contributed by atoms with Crippen molar-refractivity contribution in [2.24, 2.45) is 5.10 Å². The highest BCUT2D eigenvalue weighted by molar-refractivity contribution is 6.36. The zero-order valence-electron chi connectivity index (χ0n) is 11.8. The standard InChI is InChI=1S/C15H22N2O3/c1-2-20-15(19)14(11-7-4-8-12-18)17-16-13-9-5-3-6-10-13/h3,5-6,9-10,16,18H,2,4,7-8,11-12H2,1H3/b17-14+. The van der Waals surface area contributed by atoms with Crippen LogP contribution in [-0.4, -0.2) is 30.0 Å². The Morgan fingerprint density at radius 1 is 1.25 bits per heavy atom. The third-order valence-corrected chi connectivity index (χ3v) is 2.68. The van der Waals surface area contributed by atoms with Crippen LogP contribution in [0.25, 0.3) is 0 Å². The van der Waals surface area contributed by atoms with E-state index < -0.39 is 0 Å². The Kier molecular flexibility index (Phi) is 8.07. The van der Waals surface area contributed by atoms with Gasteiger partial charge in [0.05, 0.1) is 12.3 Å². The average molecular weight is 278 g/mol. The van der Waals surface area contributed by atoms with Crippen molar-refractivity contribution in [3.05, 3.63) is 30.3 Å². The Balaban J connectivity index is 2.58. The molecule has 0 aliphatic rings. The topological polar surface area (TPSA) is 70.9 Å². The molecule has 0 aliphatic carbocycles. The monoisotopic (exact) mass is 278 g/mol. The molecule has 110 valence electrons. The third kappa shape index (κ3) is 6.33. The summed E-state index contributed by atoms with van der Waals surface area (Å²) in [4.78, 5) is 11.8. The molecule has 2 N–H and O–H groups in total. The van der Waals surface area contributed by atoms with Crippen molar-refractivity contribution < 1.29 is 14.6 Å². The van der Waals surface area contributed by atoms with Gasteiger partial charge in [-0.2, -0.15) is 5.10 Å². The maximum Gasteiger partial charge on any atom is 0.354 e. The van der Waals surface area contributed by atoms with Crippen molar-refractivity contribution in [1.29, 1.82) is 0 Å². The molecule has 20 heavy (non-hydrogen) atoms. The molecule has 0 amide bonds. The smallest absolute Gasteiger partial charge is 0.354 e. The van der Waals surface area contributed by atoms with Crippen LogP contribution in [0.4, 0.5) is 5.69 Å². The molecular weight excluding hydrogens is 256 g/mol. The van der Waals surface area contributed by atoms with Crippen molar-refractivity contribution >= 4 is 17.4 Å². The van der Waals surface area contributed by atoms with E-state index in [9.17, 15) is 4.79 Å². The fourth-order valence-corrected chi connectivity index (χ4v) is 1.64. The van der Waals surface area contributed by atoms with Crippen molar-refractivity contribution in [3.8, 4) is 0 Å². The maximum atomic E-state index is 11.8. The van der Waals surface area contributed by atoms with Crippen molar-refractivity contribution in [2.45, 2.75) is 32.6 Å². The highest BCUT2D eigenvalue weighted by atomic mass is 16.5. The molecule has 0 aromatic heterocycles. The van der Waals surface area contributed by atoms with Gasteiger partial charge in [0.15, 0.2) is 0 Å². The highest BCUT2D eigenvalue weighted by Crippen LogP contribution is 2.07. The molecule has 0 spiro atoms. The van der Waals surface area contributed by atoms with E-state index in [1.54, 1.807) is 6.92 Å². The maximum absolute atomic E-state index is 11.8. The second kappa shape index (κ2) is 9.97. The van der Waals surface area contributed by atoms with E-state index in [2.05, 4.69) is 10.5 Å². The van der Waals surface area contributed by atoms with E-state index in [1.807, 2.05) is 30.3 Å². The Morgan fingerprint density at radius 2 is 2.00 bits per heavy atom. The number of carbonyl (C=O) groups excluding carboxylic acids is 1. The second-order valence-electron chi connectivity index (χ2n) is 4.29. The summed E-state index contributed by atoms with van der Waals surface area (Å²) in [6.07, 6.45) is 2.94. The van der Waals surface area contributed by atoms with Crippen LogP contribution in [0.15, 0.2) is 35.4 Å². The molecular formula is C15H22N2O3. The summed E-state index contributed by atoms with van der Waals surface area (Å²) in [5.41, 5.74) is 4.07. The first kappa shape index (κ1) is 16.2. The number of nitrogens with zero attached hydrogens (tertiary/aromatic N) is 1. The molecule has 0 saturated carbocycles. The van der Waals surface area contributed by atoms with E-state index in [4.69, 9.17) is 9.84 Å². The number of hydrazone groups is 1. The van der Waals surface area contributed by atoms with Crippen molar-refractivity contribution in [1.82, 2.24) is 0 Å². The molecule has 1 aromatic rings. The Morgan fingerprint density at radius 3 is 2.65 bits per heavy atom. The zero-order valence-corrected chi connectivity index (χ0v) is 11.8. The molecule has 5 heteroatoms. The molecule has 1 aromatic carbocycles.